The monoisotopic (exact) mass is 384 g/mol. The van der Waals surface area contributed by atoms with Crippen LogP contribution in [0.15, 0.2) is 30.8 Å². The van der Waals surface area contributed by atoms with E-state index < -0.39 is 5.97 Å². The van der Waals surface area contributed by atoms with Crippen molar-refractivity contribution >= 4 is 23.5 Å². The van der Waals surface area contributed by atoms with Gasteiger partial charge in [0.2, 0.25) is 0 Å². The molecule has 2 aliphatic rings. The second-order valence-corrected chi connectivity index (χ2v) is 7.78. The van der Waals surface area contributed by atoms with Crippen molar-refractivity contribution in [1.29, 1.82) is 0 Å². The number of hydrogen-bond acceptors (Lipinski definition) is 4. The molecule has 1 aromatic rings. The highest BCUT2D eigenvalue weighted by Crippen LogP contribution is 2.31. The lowest BCUT2D eigenvalue weighted by Gasteiger charge is -2.33. The Labute approximate surface area is 166 Å². The van der Waals surface area contributed by atoms with Crippen LogP contribution in [-0.2, 0) is 14.3 Å². The minimum atomic E-state index is -0.490. The zero-order valence-corrected chi connectivity index (χ0v) is 16.6. The average molecular weight is 384 g/mol. The third-order valence-corrected chi connectivity index (χ3v) is 5.86. The van der Waals surface area contributed by atoms with Gasteiger partial charge in [-0.15, -0.1) is 0 Å². The summed E-state index contributed by atoms with van der Waals surface area (Å²) in [6.07, 6.45) is 4.27. The summed E-state index contributed by atoms with van der Waals surface area (Å²) in [4.78, 5) is 40.0. The molecule has 0 aromatic heterocycles. The fourth-order valence-corrected chi connectivity index (χ4v) is 3.92. The fraction of sp³-hybridized carbons (Fsp3) is 0.500. The van der Waals surface area contributed by atoms with E-state index in [0.29, 0.717) is 17.2 Å². The lowest BCUT2D eigenvalue weighted by molar-refractivity contribution is -0.152. The van der Waals surface area contributed by atoms with Crippen LogP contribution in [0.1, 0.15) is 54.9 Å². The Kier molecular flexibility index (Phi) is 6.17. The molecule has 0 bridgehead atoms. The van der Waals surface area contributed by atoms with Crippen molar-refractivity contribution in [2.45, 2.75) is 45.1 Å². The topological polar surface area (TPSA) is 66.9 Å². The van der Waals surface area contributed by atoms with E-state index in [2.05, 4.69) is 13.5 Å². The number of benzene rings is 1. The largest absolute Gasteiger partial charge is 0.456 e. The molecule has 1 aliphatic heterocycles. The molecule has 6 heteroatoms. The summed E-state index contributed by atoms with van der Waals surface area (Å²) in [7, 11) is 1.78. The van der Waals surface area contributed by atoms with Crippen molar-refractivity contribution in [3.63, 3.8) is 0 Å². The number of fused-ring (bicyclic) bond motifs is 1. The highest BCUT2D eigenvalue weighted by molar-refractivity contribution is 6.08. The van der Waals surface area contributed by atoms with Crippen LogP contribution in [0.3, 0.4) is 0 Å². The predicted octanol–water partition coefficient (Wildman–Crippen LogP) is 3.08. The first-order valence-electron chi connectivity index (χ1n) is 9.90. The van der Waals surface area contributed by atoms with Gasteiger partial charge in [0, 0.05) is 36.5 Å². The number of rotatable bonds is 6. The first-order chi connectivity index (χ1) is 13.4. The molecule has 0 atom stereocenters. The van der Waals surface area contributed by atoms with Crippen LogP contribution in [-0.4, -0.2) is 53.8 Å². The Morgan fingerprint density at radius 3 is 2.46 bits per heavy atom. The van der Waals surface area contributed by atoms with Gasteiger partial charge in [0.05, 0.1) is 6.42 Å². The van der Waals surface area contributed by atoms with E-state index in [1.165, 1.54) is 4.90 Å². The molecular weight excluding hydrogens is 356 g/mol. The van der Waals surface area contributed by atoms with E-state index in [4.69, 9.17) is 4.74 Å². The molecule has 2 amide bonds. The minimum Gasteiger partial charge on any atom is -0.456 e. The lowest BCUT2D eigenvalue weighted by Crippen LogP contribution is -2.41. The van der Waals surface area contributed by atoms with Gasteiger partial charge < -0.3 is 14.5 Å². The molecule has 3 rings (SSSR count). The van der Waals surface area contributed by atoms with Gasteiger partial charge >= 0.3 is 5.97 Å². The molecule has 1 heterocycles. The Bertz CT molecular complexity index is 745. The molecule has 6 nitrogen and oxygen atoms in total. The van der Waals surface area contributed by atoms with Gasteiger partial charge in [0.25, 0.3) is 11.8 Å². The van der Waals surface area contributed by atoms with Crippen LogP contribution in [0, 0.1) is 5.92 Å². The summed E-state index contributed by atoms with van der Waals surface area (Å²) < 4.78 is 5.15. The lowest BCUT2D eigenvalue weighted by atomic mass is 9.87. The third-order valence-electron chi connectivity index (χ3n) is 5.86. The minimum absolute atomic E-state index is 0.0245. The molecule has 1 fully saturated rings. The molecule has 28 heavy (non-hydrogen) atoms. The van der Waals surface area contributed by atoms with Crippen LogP contribution in [0.5, 0.6) is 0 Å². The summed E-state index contributed by atoms with van der Waals surface area (Å²) in [5, 5.41) is 0. The maximum absolute atomic E-state index is 12.4. The van der Waals surface area contributed by atoms with Gasteiger partial charge in [-0.1, -0.05) is 31.7 Å². The summed E-state index contributed by atoms with van der Waals surface area (Å²) in [5.74, 6) is -0.111. The number of amides is 2. The maximum atomic E-state index is 12.4. The Morgan fingerprint density at radius 2 is 1.82 bits per heavy atom. The summed E-state index contributed by atoms with van der Waals surface area (Å²) in [6, 6.07) is 7.48. The highest BCUT2D eigenvalue weighted by atomic mass is 16.5. The first kappa shape index (κ1) is 20.1. The molecule has 0 radical (unpaired) electrons. The quantitative estimate of drug-likeness (QED) is 0.707. The van der Waals surface area contributed by atoms with Crippen molar-refractivity contribution in [2.24, 2.45) is 5.92 Å². The Balaban J connectivity index is 1.43. The van der Waals surface area contributed by atoms with Gasteiger partial charge in [-0.25, -0.2) is 0 Å². The van der Waals surface area contributed by atoms with E-state index in [9.17, 15) is 14.4 Å². The second-order valence-electron chi connectivity index (χ2n) is 7.78. The van der Waals surface area contributed by atoms with Crippen molar-refractivity contribution in [2.75, 3.05) is 20.2 Å². The molecular formula is C22H28N2O4. The van der Waals surface area contributed by atoms with E-state index >= 15 is 0 Å². The summed E-state index contributed by atoms with van der Waals surface area (Å²) >= 11 is 0. The smallest absolute Gasteiger partial charge is 0.308 e. The van der Waals surface area contributed by atoms with Crippen molar-refractivity contribution < 1.29 is 19.1 Å². The first-order valence-corrected chi connectivity index (χ1v) is 9.90. The Morgan fingerprint density at radius 1 is 1.18 bits per heavy atom. The second kappa shape index (κ2) is 8.59. The number of esters is 1. The van der Waals surface area contributed by atoms with Crippen LogP contribution < -0.4 is 0 Å². The third kappa shape index (κ3) is 4.26. The molecule has 0 saturated heterocycles. The fourth-order valence-electron chi connectivity index (χ4n) is 3.92. The highest BCUT2D eigenvalue weighted by Gasteiger charge is 2.31. The predicted molar refractivity (Wildman–Crippen MR) is 106 cm³/mol. The number of nitrogens with zero attached hydrogens (tertiary/aromatic N) is 2. The normalized spacial score (nSPS) is 21.4. The molecule has 0 unspecified atom stereocenters. The van der Waals surface area contributed by atoms with E-state index in [1.54, 1.807) is 24.1 Å². The zero-order chi connectivity index (χ0) is 20.3. The number of hydrogen-bond donors (Lipinski definition) is 0. The average Bonchev–Trinajstić information content (AvgIpc) is 2.95. The van der Waals surface area contributed by atoms with Gasteiger partial charge in [-0.2, -0.15) is 0 Å². The van der Waals surface area contributed by atoms with Crippen LogP contribution in [0.2, 0.25) is 0 Å². The zero-order valence-electron chi connectivity index (χ0n) is 16.6. The van der Waals surface area contributed by atoms with E-state index in [-0.39, 0.29) is 37.4 Å². The molecule has 150 valence electrons. The maximum Gasteiger partial charge on any atom is 0.308 e. The number of carbonyl (C=O) groups excluding carboxylic acids is 3. The van der Waals surface area contributed by atoms with E-state index in [1.807, 2.05) is 12.1 Å². The van der Waals surface area contributed by atoms with Crippen LogP contribution in [0.25, 0.3) is 5.70 Å². The molecule has 1 saturated carbocycles. The Hall–Kier alpha value is -2.63. The van der Waals surface area contributed by atoms with Crippen molar-refractivity contribution in [3.8, 4) is 0 Å². The molecule has 1 aliphatic carbocycles. The van der Waals surface area contributed by atoms with Gasteiger partial charge in [0.15, 0.2) is 6.61 Å². The molecule has 0 spiro atoms. The van der Waals surface area contributed by atoms with E-state index in [0.717, 1.165) is 31.2 Å². The van der Waals surface area contributed by atoms with Crippen LogP contribution >= 0.6 is 0 Å². The number of likely N-dealkylation sites (N-methyl/N-ethyl adjacent to an activating group) is 1. The standard InChI is InChI=1S/C22H28N2O4/c1-15-8-10-17(11-9-15)23(3)20(25)14-28-21(26)12-13-24-16(2)18-6-4-5-7-19(18)22(24)27/h4-7,15,17H,2,8-14H2,1,3H3. The van der Waals surface area contributed by atoms with Crippen LogP contribution in [0.4, 0.5) is 0 Å². The summed E-state index contributed by atoms with van der Waals surface area (Å²) in [6.45, 7) is 6.12. The summed E-state index contributed by atoms with van der Waals surface area (Å²) in [5.41, 5.74) is 1.98. The molecule has 0 N–H and O–H groups in total. The van der Waals surface area contributed by atoms with Gasteiger partial charge in [-0.05, 0) is 37.7 Å². The van der Waals surface area contributed by atoms with Crippen molar-refractivity contribution in [3.05, 3.63) is 42.0 Å². The number of carbonyl (C=O) groups is 3. The van der Waals surface area contributed by atoms with Gasteiger partial charge in [0.1, 0.15) is 0 Å². The SMILES string of the molecule is C=C1c2ccccc2C(=O)N1CCC(=O)OCC(=O)N(C)C1CCC(C)CC1. The van der Waals surface area contributed by atoms with Crippen molar-refractivity contribution in [1.82, 2.24) is 9.80 Å². The van der Waals surface area contributed by atoms with Gasteiger partial charge in [-0.3, -0.25) is 14.4 Å². The molecule has 1 aromatic carbocycles. The number of ether oxygens (including phenoxy) is 1.